The molecule has 0 unspecified atom stereocenters. The number of ether oxygens (including phenoxy) is 2. The highest BCUT2D eigenvalue weighted by Gasteiger charge is 2.42. The monoisotopic (exact) mass is 374 g/mol. The average molecular weight is 374 g/mol. The number of morpholine rings is 1. The average Bonchev–Trinajstić information content (AvgIpc) is 2.69. The molecule has 0 saturated carbocycles. The normalized spacial score (nSPS) is 24.3. The van der Waals surface area contributed by atoms with Gasteiger partial charge in [0, 0.05) is 33.9 Å². The zero-order valence-corrected chi connectivity index (χ0v) is 16.5. The van der Waals surface area contributed by atoms with Crippen LogP contribution in [0.3, 0.4) is 0 Å². The van der Waals surface area contributed by atoms with Gasteiger partial charge in [-0.1, -0.05) is 24.3 Å². The first-order valence-electron chi connectivity index (χ1n) is 9.73. The molecule has 0 aromatic heterocycles. The van der Waals surface area contributed by atoms with Gasteiger partial charge >= 0.3 is 0 Å². The van der Waals surface area contributed by atoms with Crippen LogP contribution >= 0.6 is 0 Å². The Morgan fingerprint density at radius 1 is 1.26 bits per heavy atom. The summed E-state index contributed by atoms with van der Waals surface area (Å²) < 4.78 is 11.0. The van der Waals surface area contributed by atoms with Crippen LogP contribution in [0.1, 0.15) is 36.4 Å². The minimum absolute atomic E-state index is 0.00667. The molecule has 0 aliphatic carbocycles. The Kier molecular flexibility index (Phi) is 6.50. The lowest BCUT2D eigenvalue weighted by molar-refractivity contribution is -0.168. The van der Waals surface area contributed by atoms with Crippen molar-refractivity contribution in [3.05, 3.63) is 35.4 Å². The third-order valence-corrected chi connectivity index (χ3v) is 5.89. The van der Waals surface area contributed by atoms with Crippen LogP contribution in [0.5, 0.6) is 0 Å². The molecule has 1 aromatic carbocycles. The second-order valence-corrected chi connectivity index (χ2v) is 7.59. The minimum atomic E-state index is -0.649. The van der Waals surface area contributed by atoms with Gasteiger partial charge in [0.25, 0.3) is 5.91 Å². The molecule has 2 amide bonds. The zero-order chi connectivity index (χ0) is 19.4. The fourth-order valence-electron chi connectivity index (χ4n) is 4.12. The first kappa shape index (κ1) is 19.8. The smallest absolute Gasteiger partial charge is 0.254 e. The highest BCUT2D eigenvalue weighted by atomic mass is 16.5. The Morgan fingerprint density at radius 2 is 1.96 bits per heavy atom. The fraction of sp³-hybridized carbons (Fsp3) is 0.619. The van der Waals surface area contributed by atoms with E-state index in [9.17, 15) is 9.59 Å². The van der Waals surface area contributed by atoms with Crippen molar-refractivity contribution in [1.82, 2.24) is 9.80 Å². The SMILES string of the molecule is COCCC1CCN(C(=O)[C@H]2OCC(=O)N(C)[C@@H]2c2ccccc2C)CC1. The first-order chi connectivity index (χ1) is 13.0. The summed E-state index contributed by atoms with van der Waals surface area (Å²) >= 11 is 0. The third-order valence-electron chi connectivity index (χ3n) is 5.89. The third kappa shape index (κ3) is 4.33. The topological polar surface area (TPSA) is 59.1 Å². The summed E-state index contributed by atoms with van der Waals surface area (Å²) in [5, 5.41) is 0. The quantitative estimate of drug-likeness (QED) is 0.793. The van der Waals surface area contributed by atoms with Crippen molar-refractivity contribution in [3.8, 4) is 0 Å². The number of nitrogens with zero attached hydrogens (tertiary/aromatic N) is 2. The molecule has 0 bridgehead atoms. The van der Waals surface area contributed by atoms with E-state index in [1.807, 2.05) is 36.1 Å². The van der Waals surface area contributed by atoms with Crippen molar-refractivity contribution in [2.45, 2.75) is 38.3 Å². The van der Waals surface area contributed by atoms with Crippen LogP contribution in [-0.4, -0.2) is 68.2 Å². The molecule has 6 heteroatoms. The lowest BCUT2D eigenvalue weighted by Crippen LogP contribution is -2.55. The van der Waals surface area contributed by atoms with E-state index in [2.05, 4.69) is 0 Å². The summed E-state index contributed by atoms with van der Waals surface area (Å²) in [6.07, 6.45) is 2.38. The van der Waals surface area contributed by atoms with E-state index in [0.717, 1.165) is 50.1 Å². The van der Waals surface area contributed by atoms with Gasteiger partial charge in [-0.25, -0.2) is 0 Å². The number of piperidine rings is 1. The number of likely N-dealkylation sites (N-methyl/N-ethyl adjacent to an activating group) is 1. The standard InChI is InChI=1S/C21H30N2O4/c1-15-6-4-5-7-17(15)19-20(27-14-18(24)22(19)2)21(25)23-11-8-16(9-12-23)10-13-26-3/h4-7,16,19-20H,8-14H2,1-3H3/t19-,20+/m1/s1. The van der Waals surface area contributed by atoms with E-state index in [0.29, 0.717) is 5.92 Å². The van der Waals surface area contributed by atoms with E-state index < -0.39 is 6.10 Å². The Bertz CT molecular complexity index is 670. The number of amides is 2. The van der Waals surface area contributed by atoms with Crippen molar-refractivity contribution in [2.24, 2.45) is 5.92 Å². The maximum Gasteiger partial charge on any atom is 0.254 e. The molecule has 0 radical (unpaired) electrons. The van der Waals surface area contributed by atoms with Crippen LogP contribution in [0.2, 0.25) is 0 Å². The van der Waals surface area contributed by atoms with Crippen LogP contribution in [0, 0.1) is 12.8 Å². The molecule has 2 heterocycles. The van der Waals surface area contributed by atoms with Crippen molar-refractivity contribution in [2.75, 3.05) is 40.5 Å². The molecule has 27 heavy (non-hydrogen) atoms. The Balaban J connectivity index is 1.74. The molecular weight excluding hydrogens is 344 g/mol. The van der Waals surface area contributed by atoms with Gasteiger partial charge in [0.2, 0.25) is 5.91 Å². The fourth-order valence-corrected chi connectivity index (χ4v) is 4.12. The molecule has 1 aromatic rings. The molecule has 2 fully saturated rings. The number of methoxy groups -OCH3 is 1. The number of hydrogen-bond donors (Lipinski definition) is 0. The van der Waals surface area contributed by atoms with E-state index >= 15 is 0 Å². The Labute approximate surface area is 161 Å². The summed E-state index contributed by atoms with van der Waals surface area (Å²) in [7, 11) is 3.49. The summed E-state index contributed by atoms with van der Waals surface area (Å²) in [6.45, 7) is 4.22. The summed E-state index contributed by atoms with van der Waals surface area (Å²) in [6, 6.07) is 7.51. The van der Waals surface area contributed by atoms with Gasteiger partial charge in [-0.05, 0) is 43.2 Å². The van der Waals surface area contributed by atoms with Crippen molar-refractivity contribution in [1.29, 1.82) is 0 Å². The van der Waals surface area contributed by atoms with Gasteiger partial charge in [-0.15, -0.1) is 0 Å². The lowest BCUT2D eigenvalue weighted by atomic mass is 9.91. The van der Waals surface area contributed by atoms with Gasteiger partial charge < -0.3 is 19.3 Å². The Morgan fingerprint density at radius 3 is 2.63 bits per heavy atom. The molecule has 2 aliphatic rings. The lowest BCUT2D eigenvalue weighted by Gasteiger charge is -2.42. The number of likely N-dealkylation sites (tertiary alicyclic amines) is 1. The van der Waals surface area contributed by atoms with Crippen LogP contribution < -0.4 is 0 Å². The second kappa shape index (κ2) is 8.85. The van der Waals surface area contributed by atoms with E-state index in [1.165, 1.54) is 0 Å². The number of rotatable bonds is 5. The molecule has 0 N–H and O–H groups in total. The van der Waals surface area contributed by atoms with Gasteiger partial charge in [0.15, 0.2) is 6.10 Å². The molecule has 2 atom stereocenters. The number of benzene rings is 1. The van der Waals surface area contributed by atoms with Gasteiger partial charge in [0.05, 0.1) is 6.04 Å². The maximum absolute atomic E-state index is 13.3. The van der Waals surface area contributed by atoms with Crippen molar-refractivity contribution >= 4 is 11.8 Å². The number of hydrogen-bond acceptors (Lipinski definition) is 4. The van der Waals surface area contributed by atoms with Crippen molar-refractivity contribution < 1.29 is 19.1 Å². The molecule has 2 aliphatic heterocycles. The second-order valence-electron chi connectivity index (χ2n) is 7.59. The molecule has 148 valence electrons. The molecular formula is C21H30N2O4. The van der Waals surface area contributed by atoms with Crippen LogP contribution in [-0.2, 0) is 19.1 Å². The molecule has 3 rings (SSSR count). The van der Waals surface area contributed by atoms with Crippen molar-refractivity contribution in [3.63, 3.8) is 0 Å². The highest BCUT2D eigenvalue weighted by Crippen LogP contribution is 2.33. The van der Waals surface area contributed by atoms with Crippen LogP contribution in [0.4, 0.5) is 0 Å². The summed E-state index contributed by atoms with van der Waals surface area (Å²) in [4.78, 5) is 29.1. The highest BCUT2D eigenvalue weighted by molar-refractivity contribution is 5.86. The predicted octanol–water partition coefficient (Wildman–Crippen LogP) is 2.17. The van der Waals surface area contributed by atoms with E-state index in [-0.39, 0.29) is 24.5 Å². The largest absolute Gasteiger partial charge is 0.385 e. The number of aryl methyl sites for hydroxylation is 1. The molecule has 0 spiro atoms. The van der Waals surface area contributed by atoms with Crippen LogP contribution in [0.25, 0.3) is 0 Å². The van der Waals surface area contributed by atoms with Gasteiger partial charge in [-0.3, -0.25) is 9.59 Å². The summed E-state index contributed by atoms with van der Waals surface area (Å²) in [5.74, 6) is 0.510. The molecule has 2 saturated heterocycles. The maximum atomic E-state index is 13.3. The first-order valence-corrected chi connectivity index (χ1v) is 9.73. The predicted molar refractivity (Wildman–Crippen MR) is 102 cm³/mol. The van der Waals surface area contributed by atoms with Gasteiger partial charge in [0.1, 0.15) is 6.61 Å². The van der Waals surface area contributed by atoms with Gasteiger partial charge in [-0.2, -0.15) is 0 Å². The minimum Gasteiger partial charge on any atom is -0.385 e. The summed E-state index contributed by atoms with van der Waals surface area (Å²) in [5.41, 5.74) is 2.03. The van der Waals surface area contributed by atoms with Crippen LogP contribution in [0.15, 0.2) is 24.3 Å². The van der Waals surface area contributed by atoms with E-state index in [4.69, 9.17) is 9.47 Å². The number of carbonyl (C=O) groups is 2. The zero-order valence-electron chi connectivity index (χ0n) is 16.5. The number of carbonyl (C=O) groups excluding carboxylic acids is 2. The molecule has 6 nitrogen and oxygen atoms in total. The van der Waals surface area contributed by atoms with E-state index in [1.54, 1.807) is 19.1 Å². The Hall–Kier alpha value is -1.92.